The zero-order chi connectivity index (χ0) is 22.0. The van der Waals surface area contributed by atoms with Gasteiger partial charge in [0.1, 0.15) is 6.04 Å². The Morgan fingerprint density at radius 1 is 0.562 bits per heavy atom. The highest BCUT2D eigenvalue weighted by Gasteiger charge is 2.35. The number of Topliss-reactive ketones (excluding diaryl/α,β-unsaturated/α-hetero) is 2. The van der Waals surface area contributed by atoms with Gasteiger partial charge in [0.2, 0.25) is 0 Å². The fourth-order valence-electron chi connectivity index (χ4n) is 5.56. The summed E-state index contributed by atoms with van der Waals surface area (Å²) in [6.45, 7) is 0. The van der Waals surface area contributed by atoms with E-state index in [4.69, 9.17) is 5.73 Å². The maximum atomic E-state index is 12.8. The van der Waals surface area contributed by atoms with Crippen LogP contribution in [0.15, 0.2) is 48.5 Å². The van der Waals surface area contributed by atoms with E-state index in [1.54, 1.807) is 24.3 Å². The molecule has 2 N–H and O–H groups in total. The first kappa shape index (κ1) is 17.5. The fraction of sp³-hybridized carbons (Fsp3) is 0.0769. The van der Waals surface area contributed by atoms with Crippen LogP contribution in [0.25, 0.3) is 43.1 Å². The molecule has 2 aliphatic rings. The van der Waals surface area contributed by atoms with Crippen LogP contribution in [0, 0.1) is 0 Å². The summed E-state index contributed by atoms with van der Waals surface area (Å²) < 4.78 is 0. The van der Waals surface area contributed by atoms with E-state index in [-0.39, 0.29) is 23.4 Å². The number of rotatable bonds is 0. The second-order valence-corrected chi connectivity index (χ2v) is 8.52. The highest BCUT2D eigenvalue weighted by atomic mass is 16.2. The topological polar surface area (TPSA) is 97.5 Å². The molecule has 7 rings (SSSR count). The number of carbonyl (C=O) groups excluding carboxylic acids is 4. The number of hydrogen-bond donors (Lipinski definition) is 1. The zero-order valence-corrected chi connectivity index (χ0v) is 16.9. The molecular formula is C26H14N2O4. The molecule has 0 atom stereocenters. The Morgan fingerprint density at radius 2 is 0.906 bits per heavy atom. The molecule has 6 heteroatoms. The van der Waals surface area contributed by atoms with Crippen molar-refractivity contribution >= 4 is 66.5 Å². The number of imide groups is 1. The van der Waals surface area contributed by atoms with Gasteiger partial charge in [-0.1, -0.05) is 36.4 Å². The third-order valence-electron chi connectivity index (χ3n) is 7.07. The molecular weight excluding hydrogens is 404 g/mol. The van der Waals surface area contributed by atoms with Crippen molar-refractivity contribution in [2.75, 3.05) is 7.05 Å². The van der Waals surface area contributed by atoms with Gasteiger partial charge in [0.25, 0.3) is 11.8 Å². The van der Waals surface area contributed by atoms with Crippen LogP contribution >= 0.6 is 0 Å². The number of nitrogens with two attached hydrogens (primary N) is 1. The van der Waals surface area contributed by atoms with Crippen LogP contribution in [-0.2, 0) is 0 Å². The Hall–Kier alpha value is -4.16. The Balaban J connectivity index is 1.77. The van der Waals surface area contributed by atoms with E-state index < -0.39 is 6.04 Å². The molecule has 0 bridgehead atoms. The van der Waals surface area contributed by atoms with Crippen molar-refractivity contribution in [3.63, 3.8) is 0 Å². The van der Waals surface area contributed by atoms with E-state index in [0.29, 0.717) is 33.0 Å². The predicted molar refractivity (Wildman–Crippen MR) is 121 cm³/mol. The van der Waals surface area contributed by atoms with Crippen LogP contribution in [0.5, 0.6) is 0 Å². The lowest BCUT2D eigenvalue weighted by Crippen LogP contribution is -2.41. The lowest BCUT2D eigenvalue weighted by molar-refractivity contribution is 0.0649. The molecule has 1 aliphatic carbocycles. The summed E-state index contributed by atoms with van der Waals surface area (Å²) >= 11 is 0. The molecule has 6 nitrogen and oxygen atoms in total. The molecule has 0 saturated carbocycles. The quantitative estimate of drug-likeness (QED) is 0.179. The maximum Gasteiger partial charge on any atom is 0.261 e. The lowest BCUT2D eigenvalue weighted by Gasteiger charge is -2.27. The van der Waals surface area contributed by atoms with Crippen LogP contribution in [-0.4, -0.2) is 41.4 Å². The van der Waals surface area contributed by atoms with Crippen molar-refractivity contribution in [3.8, 4) is 0 Å². The van der Waals surface area contributed by atoms with Crippen molar-refractivity contribution in [3.05, 3.63) is 70.8 Å². The molecule has 1 aliphatic heterocycles. The molecule has 2 amide bonds. The number of amides is 2. The predicted octanol–water partition coefficient (Wildman–Crippen LogP) is 3.67. The standard InChI is InChI=1S/C26H14N2O4/c1-28-25(31)16-8-4-12-10-2-6-14-20-15(24(30)22(27)23(14)29)7-3-11(18(10)20)13-5-9-17(26(28)32)21(16)19(12)13/h2-9,22H,27H2,1H3. The van der Waals surface area contributed by atoms with Crippen molar-refractivity contribution in [2.24, 2.45) is 5.73 Å². The number of benzene rings is 5. The minimum absolute atomic E-state index is 0.326. The second kappa shape index (κ2) is 5.36. The third kappa shape index (κ3) is 1.74. The summed E-state index contributed by atoms with van der Waals surface area (Å²) in [6.07, 6.45) is 0. The van der Waals surface area contributed by atoms with E-state index in [1.165, 1.54) is 7.05 Å². The molecule has 5 aromatic rings. The molecule has 1 heterocycles. The molecule has 32 heavy (non-hydrogen) atoms. The first-order chi connectivity index (χ1) is 15.4. The third-order valence-corrected chi connectivity index (χ3v) is 7.07. The summed E-state index contributed by atoms with van der Waals surface area (Å²) in [5, 5.41) is 6.43. The normalized spacial score (nSPS) is 16.5. The van der Waals surface area contributed by atoms with Gasteiger partial charge < -0.3 is 5.73 Å². The first-order valence-electron chi connectivity index (χ1n) is 10.3. The van der Waals surface area contributed by atoms with Crippen LogP contribution < -0.4 is 5.73 Å². The van der Waals surface area contributed by atoms with E-state index in [1.807, 2.05) is 24.3 Å². The molecule has 0 aromatic heterocycles. The molecule has 0 fully saturated rings. The highest BCUT2D eigenvalue weighted by Crippen LogP contribution is 2.45. The Morgan fingerprint density at radius 3 is 1.31 bits per heavy atom. The largest absolute Gasteiger partial charge is 0.315 e. The minimum atomic E-state index is -1.18. The minimum Gasteiger partial charge on any atom is -0.315 e. The van der Waals surface area contributed by atoms with Crippen molar-refractivity contribution in [2.45, 2.75) is 6.04 Å². The summed E-state index contributed by atoms with van der Waals surface area (Å²) in [5.74, 6) is -1.40. The van der Waals surface area contributed by atoms with Crippen molar-refractivity contribution in [1.82, 2.24) is 4.90 Å². The van der Waals surface area contributed by atoms with Gasteiger partial charge in [-0.15, -0.1) is 0 Å². The van der Waals surface area contributed by atoms with E-state index >= 15 is 0 Å². The van der Waals surface area contributed by atoms with Crippen LogP contribution in [0.1, 0.15) is 41.4 Å². The second-order valence-electron chi connectivity index (χ2n) is 8.52. The smallest absolute Gasteiger partial charge is 0.261 e. The van der Waals surface area contributed by atoms with Gasteiger partial charge in [0.15, 0.2) is 11.6 Å². The SMILES string of the molecule is CN1C(=O)c2ccc3c4ccc5c6c(ccc(c7ccc(c2c37)C1=O)c64)C(=O)C(N)C5=O. The Labute approximate surface area is 180 Å². The first-order valence-corrected chi connectivity index (χ1v) is 10.3. The number of hydrogen-bond acceptors (Lipinski definition) is 5. The van der Waals surface area contributed by atoms with Crippen LogP contribution in [0.4, 0.5) is 0 Å². The van der Waals surface area contributed by atoms with Crippen LogP contribution in [0.3, 0.4) is 0 Å². The molecule has 0 spiro atoms. The number of nitrogens with zero attached hydrogens (tertiary/aromatic N) is 1. The number of carbonyl (C=O) groups is 4. The maximum absolute atomic E-state index is 12.8. The van der Waals surface area contributed by atoms with E-state index in [2.05, 4.69) is 0 Å². The molecule has 0 radical (unpaired) electrons. The zero-order valence-electron chi connectivity index (χ0n) is 16.9. The number of ketones is 2. The summed E-state index contributed by atoms with van der Waals surface area (Å²) in [6, 6.07) is 13.3. The molecule has 0 unspecified atom stereocenters. The van der Waals surface area contributed by atoms with Gasteiger partial charge >= 0.3 is 0 Å². The monoisotopic (exact) mass is 418 g/mol. The lowest BCUT2D eigenvalue weighted by atomic mass is 9.79. The van der Waals surface area contributed by atoms with E-state index in [0.717, 1.165) is 37.2 Å². The van der Waals surface area contributed by atoms with Gasteiger partial charge in [-0.3, -0.25) is 24.1 Å². The fourth-order valence-corrected chi connectivity index (χ4v) is 5.56. The van der Waals surface area contributed by atoms with Gasteiger partial charge in [0, 0.05) is 40.1 Å². The van der Waals surface area contributed by atoms with E-state index in [9.17, 15) is 19.2 Å². The van der Waals surface area contributed by atoms with Gasteiger partial charge in [-0.05, 0) is 44.5 Å². The average Bonchev–Trinajstić information content (AvgIpc) is 2.82. The number of fused-ring (bicyclic) bond motifs is 2. The summed E-state index contributed by atoms with van der Waals surface area (Å²) in [5.41, 5.74) is 7.79. The molecule has 0 saturated heterocycles. The van der Waals surface area contributed by atoms with Gasteiger partial charge in [0.05, 0.1) is 0 Å². The molecule has 152 valence electrons. The average molecular weight is 418 g/mol. The van der Waals surface area contributed by atoms with Crippen LogP contribution in [0.2, 0.25) is 0 Å². The van der Waals surface area contributed by atoms with Crippen molar-refractivity contribution in [1.29, 1.82) is 0 Å². The summed E-state index contributed by atoms with van der Waals surface area (Å²) in [7, 11) is 1.49. The Kier molecular flexibility index (Phi) is 2.93. The van der Waals surface area contributed by atoms with Gasteiger partial charge in [-0.2, -0.15) is 0 Å². The van der Waals surface area contributed by atoms with Gasteiger partial charge in [-0.25, -0.2) is 0 Å². The molecule has 5 aromatic carbocycles. The highest BCUT2D eigenvalue weighted by molar-refractivity contribution is 6.42. The summed E-state index contributed by atoms with van der Waals surface area (Å²) in [4.78, 5) is 52.4. The van der Waals surface area contributed by atoms with Crippen molar-refractivity contribution < 1.29 is 19.2 Å². The Bertz CT molecular complexity index is 1530.